The molecule has 1 saturated heterocycles. The Morgan fingerprint density at radius 2 is 1.96 bits per heavy atom. The van der Waals surface area contributed by atoms with E-state index in [0.717, 1.165) is 44.1 Å². The predicted molar refractivity (Wildman–Crippen MR) is 92.0 cm³/mol. The van der Waals surface area contributed by atoms with Gasteiger partial charge in [-0.2, -0.15) is 0 Å². The van der Waals surface area contributed by atoms with Crippen molar-refractivity contribution in [3.8, 4) is 0 Å². The van der Waals surface area contributed by atoms with Crippen LogP contribution in [0.1, 0.15) is 25.2 Å². The summed E-state index contributed by atoms with van der Waals surface area (Å²) in [6, 6.07) is 7.02. The molecule has 1 N–H and O–H groups in total. The second-order valence-electron chi connectivity index (χ2n) is 6.34. The summed E-state index contributed by atoms with van der Waals surface area (Å²) in [6.07, 6.45) is 0.985. The second-order valence-corrected chi connectivity index (χ2v) is 6.34. The molecule has 7 nitrogen and oxygen atoms in total. The number of hydrogen-bond donors (Lipinski definition) is 1. The van der Waals surface area contributed by atoms with Crippen LogP contribution in [0.5, 0.6) is 0 Å². The molecule has 0 unspecified atom stereocenters. The van der Waals surface area contributed by atoms with E-state index in [1.54, 1.807) is 7.11 Å². The van der Waals surface area contributed by atoms with Gasteiger partial charge in [-0.25, -0.2) is 9.07 Å². The van der Waals surface area contributed by atoms with Crippen molar-refractivity contribution in [3.63, 3.8) is 0 Å². The van der Waals surface area contributed by atoms with Crippen LogP contribution in [0.15, 0.2) is 24.3 Å². The first-order valence-corrected chi connectivity index (χ1v) is 8.83. The molecule has 1 fully saturated rings. The molecular weight excluding hydrogens is 323 g/mol. The number of benzene rings is 1. The average molecular weight is 349 g/mol. The van der Waals surface area contributed by atoms with Gasteiger partial charge in [0.05, 0.1) is 39.3 Å². The lowest BCUT2D eigenvalue weighted by Gasteiger charge is -2.36. The van der Waals surface area contributed by atoms with Crippen LogP contribution in [0, 0.1) is 5.82 Å². The molecule has 1 aliphatic heterocycles. The average Bonchev–Trinajstić information content (AvgIpc) is 3.10. The Bertz CT molecular complexity index is 653. The van der Waals surface area contributed by atoms with E-state index in [1.807, 2.05) is 16.8 Å². The van der Waals surface area contributed by atoms with E-state index in [4.69, 9.17) is 4.74 Å². The molecular formula is C17H26FN6O+. The number of hydrogen-bond acceptors (Lipinski definition) is 5. The van der Waals surface area contributed by atoms with E-state index in [1.165, 1.54) is 17.0 Å². The summed E-state index contributed by atoms with van der Waals surface area (Å²) in [4.78, 5) is 3.80. The van der Waals surface area contributed by atoms with Gasteiger partial charge in [-0.3, -0.25) is 0 Å². The van der Waals surface area contributed by atoms with Crippen molar-refractivity contribution in [2.75, 3.05) is 44.8 Å². The summed E-state index contributed by atoms with van der Waals surface area (Å²) < 4.78 is 20.1. The molecule has 1 atom stereocenters. The van der Waals surface area contributed by atoms with E-state index < -0.39 is 0 Å². The number of halogens is 1. The Morgan fingerprint density at radius 1 is 1.24 bits per heavy atom. The van der Waals surface area contributed by atoms with Crippen molar-refractivity contribution >= 4 is 5.69 Å². The van der Waals surface area contributed by atoms with E-state index in [-0.39, 0.29) is 11.9 Å². The Balaban J connectivity index is 1.64. The Morgan fingerprint density at radius 3 is 2.60 bits per heavy atom. The van der Waals surface area contributed by atoms with Gasteiger partial charge in [0.25, 0.3) is 0 Å². The number of aromatic nitrogens is 4. The lowest BCUT2D eigenvalue weighted by Crippen LogP contribution is -3.15. The highest BCUT2D eigenvalue weighted by molar-refractivity contribution is 5.46. The standard InChI is InChI=1S/C17H25FN6O/c1-3-16(17-19-20-21-24(17)12-13-25-2)23-10-8-22(9-11-23)15-6-4-14(18)5-7-15/h4-7,16H,3,8-13H2,1-2H3/p+1/t16-/m0/s1. The van der Waals surface area contributed by atoms with E-state index >= 15 is 0 Å². The molecule has 0 bridgehead atoms. The van der Waals surface area contributed by atoms with Crippen LogP contribution in [0.2, 0.25) is 0 Å². The molecule has 1 aromatic heterocycles. The number of nitrogens with zero attached hydrogens (tertiary/aromatic N) is 5. The highest BCUT2D eigenvalue weighted by Gasteiger charge is 2.31. The van der Waals surface area contributed by atoms with E-state index in [0.29, 0.717) is 13.2 Å². The van der Waals surface area contributed by atoms with Crippen LogP contribution in [0.4, 0.5) is 10.1 Å². The number of tetrazole rings is 1. The maximum absolute atomic E-state index is 13.1. The summed E-state index contributed by atoms with van der Waals surface area (Å²) >= 11 is 0. The van der Waals surface area contributed by atoms with Gasteiger partial charge in [0, 0.05) is 19.2 Å². The second kappa shape index (κ2) is 8.35. The van der Waals surface area contributed by atoms with Crippen molar-refractivity contribution in [2.45, 2.75) is 25.9 Å². The predicted octanol–water partition coefficient (Wildman–Crippen LogP) is 0.315. The van der Waals surface area contributed by atoms with Crippen molar-refractivity contribution in [3.05, 3.63) is 35.9 Å². The molecule has 2 heterocycles. The molecule has 0 spiro atoms. The molecule has 2 aromatic rings. The third-order valence-corrected chi connectivity index (χ3v) is 4.88. The normalized spacial score (nSPS) is 17.0. The molecule has 8 heteroatoms. The SMILES string of the molecule is CC[C@@H](c1nnnn1CCOC)[NH+]1CCN(c2ccc(F)cc2)CC1. The van der Waals surface area contributed by atoms with Gasteiger partial charge in [0.15, 0.2) is 0 Å². The number of quaternary nitrogens is 1. The van der Waals surface area contributed by atoms with Gasteiger partial charge < -0.3 is 14.5 Å². The maximum Gasteiger partial charge on any atom is 0.209 e. The quantitative estimate of drug-likeness (QED) is 0.780. The van der Waals surface area contributed by atoms with Crippen molar-refractivity contribution < 1.29 is 14.0 Å². The maximum atomic E-state index is 13.1. The summed E-state index contributed by atoms with van der Waals surface area (Å²) in [7, 11) is 1.68. The highest BCUT2D eigenvalue weighted by Crippen LogP contribution is 2.16. The first-order valence-electron chi connectivity index (χ1n) is 8.83. The number of methoxy groups -OCH3 is 1. The largest absolute Gasteiger partial charge is 0.383 e. The van der Waals surface area contributed by atoms with Crippen LogP contribution in [-0.4, -0.2) is 60.1 Å². The van der Waals surface area contributed by atoms with Gasteiger partial charge in [-0.15, -0.1) is 5.10 Å². The zero-order valence-electron chi connectivity index (χ0n) is 14.9. The van der Waals surface area contributed by atoms with Crippen LogP contribution < -0.4 is 9.80 Å². The van der Waals surface area contributed by atoms with Crippen LogP contribution in [0.3, 0.4) is 0 Å². The smallest absolute Gasteiger partial charge is 0.209 e. The molecule has 1 aliphatic rings. The number of ether oxygens (including phenoxy) is 1. The number of rotatable bonds is 7. The molecule has 0 radical (unpaired) electrons. The lowest BCUT2D eigenvalue weighted by atomic mass is 10.1. The number of anilines is 1. The first-order chi connectivity index (χ1) is 12.2. The van der Waals surface area contributed by atoms with Gasteiger partial charge in [-0.1, -0.05) is 6.92 Å². The van der Waals surface area contributed by atoms with Gasteiger partial charge in [-0.05, 0) is 34.7 Å². The topological polar surface area (TPSA) is 60.5 Å². The van der Waals surface area contributed by atoms with Gasteiger partial charge in [0.1, 0.15) is 11.9 Å². The molecule has 0 aliphatic carbocycles. The fourth-order valence-corrected chi connectivity index (χ4v) is 3.50. The van der Waals surface area contributed by atoms with Gasteiger partial charge >= 0.3 is 0 Å². The zero-order valence-corrected chi connectivity index (χ0v) is 14.9. The number of nitrogens with one attached hydrogen (secondary N) is 1. The van der Waals surface area contributed by atoms with Crippen molar-refractivity contribution in [1.82, 2.24) is 20.2 Å². The highest BCUT2D eigenvalue weighted by atomic mass is 19.1. The minimum absolute atomic E-state index is 0.193. The lowest BCUT2D eigenvalue weighted by molar-refractivity contribution is -0.933. The van der Waals surface area contributed by atoms with Crippen LogP contribution >= 0.6 is 0 Å². The molecule has 136 valence electrons. The minimum atomic E-state index is -0.193. The molecule has 1 aromatic carbocycles. The monoisotopic (exact) mass is 349 g/mol. The summed E-state index contributed by atoms with van der Waals surface area (Å²) in [5.74, 6) is 0.742. The minimum Gasteiger partial charge on any atom is -0.383 e. The third-order valence-electron chi connectivity index (χ3n) is 4.88. The van der Waals surface area contributed by atoms with E-state index in [9.17, 15) is 4.39 Å². The first kappa shape index (κ1) is 17.8. The molecule has 25 heavy (non-hydrogen) atoms. The molecule has 0 amide bonds. The Kier molecular flexibility index (Phi) is 5.93. The van der Waals surface area contributed by atoms with Crippen molar-refractivity contribution in [2.24, 2.45) is 0 Å². The van der Waals surface area contributed by atoms with Crippen molar-refractivity contribution in [1.29, 1.82) is 0 Å². The van der Waals surface area contributed by atoms with Gasteiger partial charge in [0.2, 0.25) is 5.82 Å². The molecule has 3 rings (SSSR count). The van der Waals surface area contributed by atoms with Crippen LogP contribution in [0.25, 0.3) is 0 Å². The zero-order chi connectivity index (χ0) is 17.6. The summed E-state index contributed by atoms with van der Waals surface area (Å²) in [6.45, 7) is 7.35. The summed E-state index contributed by atoms with van der Waals surface area (Å²) in [5.41, 5.74) is 1.08. The van der Waals surface area contributed by atoms with E-state index in [2.05, 4.69) is 27.3 Å². The fourth-order valence-electron chi connectivity index (χ4n) is 3.50. The number of piperazine rings is 1. The summed E-state index contributed by atoms with van der Waals surface area (Å²) in [5, 5.41) is 12.2. The molecule has 0 saturated carbocycles. The van der Waals surface area contributed by atoms with Crippen LogP contribution in [-0.2, 0) is 11.3 Å². The third kappa shape index (κ3) is 4.13. The fraction of sp³-hybridized carbons (Fsp3) is 0.588. The Labute approximate surface area is 147 Å². The Hall–Kier alpha value is -2.06.